The van der Waals surface area contributed by atoms with Gasteiger partial charge in [-0.15, -0.1) is 0 Å². The quantitative estimate of drug-likeness (QED) is 0.476. The molecule has 0 aliphatic heterocycles. The Morgan fingerprint density at radius 1 is 1.06 bits per heavy atom. The van der Waals surface area contributed by atoms with Gasteiger partial charge in [-0.25, -0.2) is 0 Å². The summed E-state index contributed by atoms with van der Waals surface area (Å²) in [6.07, 6.45) is 0. The molecule has 0 aliphatic rings. The second-order valence-corrected chi connectivity index (χ2v) is 5.41. The van der Waals surface area contributed by atoms with E-state index in [9.17, 15) is 21.6 Å². The monoisotopic (exact) mass is 271 g/mol. The second-order valence-electron chi connectivity index (χ2n) is 2.63. The molecule has 11 heteroatoms. The second kappa shape index (κ2) is 3.55. The van der Waals surface area contributed by atoms with Gasteiger partial charge in [0.15, 0.2) is 5.03 Å². The Morgan fingerprint density at radius 2 is 1.56 bits per heavy atom. The van der Waals surface area contributed by atoms with E-state index in [1.165, 1.54) is 4.98 Å². The molecular weight excluding hydrogens is 266 g/mol. The fourth-order valence-corrected chi connectivity index (χ4v) is 2.01. The van der Waals surface area contributed by atoms with Gasteiger partial charge in [0.2, 0.25) is 5.75 Å². The Morgan fingerprint density at radius 3 is 1.94 bits per heavy atom. The number of nitrogens with one attached hydrogen (secondary N) is 1. The van der Waals surface area contributed by atoms with Gasteiger partial charge < -0.3 is 10.1 Å². The maximum atomic E-state index is 10.9. The Balaban J connectivity index is 3.80. The standard InChI is InChI=1S/C5H5NO8S2/c7-4-2(15(9,10)11)1-3(6-5(4)8)16(12,13)14/h1,7H,(H,6,8)(H,9,10,11)(H,12,13,14). The zero-order valence-corrected chi connectivity index (χ0v) is 8.91. The first-order chi connectivity index (χ1) is 7.03. The number of aromatic hydroxyl groups is 1. The summed E-state index contributed by atoms with van der Waals surface area (Å²) in [6, 6.07) is 0.210. The molecule has 0 fully saturated rings. The molecule has 9 nitrogen and oxygen atoms in total. The zero-order valence-electron chi connectivity index (χ0n) is 7.28. The zero-order chi connectivity index (χ0) is 12.7. The fourth-order valence-electron chi connectivity index (χ4n) is 0.842. The molecule has 90 valence electrons. The van der Waals surface area contributed by atoms with Crippen LogP contribution in [0.3, 0.4) is 0 Å². The van der Waals surface area contributed by atoms with E-state index in [2.05, 4.69) is 0 Å². The lowest BCUT2D eigenvalue weighted by molar-refractivity contribution is 0.432. The van der Waals surface area contributed by atoms with Gasteiger partial charge in [-0.3, -0.25) is 13.9 Å². The van der Waals surface area contributed by atoms with Crippen molar-refractivity contribution in [3.63, 3.8) is 0 Å². The third-order valence-corrected chi connectivity index (χ3v) is 3.15. The van der Waals surface area contributed by atoms with Crippen molar-refractivity contribution in [2.45, 2.75) is 9.92 Å². The van der Waals surface area contributed by atoms with Gasteiger partial charge in [0.05, 0.1) is 0 Å². The minimum absolute atomic E-state index is 0.210. The van der Waals surface area contributed by atoms with E-state index in [1.807, 2.05) is 0 Å². The third kappa shape index (κ3) is 2.38. The van der Waals surface area contributed by atoms with Crippen molar-refractivity contribution in [2.24, 2.45) is 0 Å². The molecule has 0 saturated carbocycles. The molecule has 0 amide bonds. The Bertz CT molecular complexity index is 682. The van der Waals surface area contributed by atoms with Crippen molar-refractivity contribution in [1.82, 2.24) is 4.98 Å². The lowest BCUT2D eigenvalue weighted by Gasteiger charge is -2.02. The molecule has 0 bridgehead atoms. The Kier molecular flexibility index (Phi) is 2.81. The number of hydrogen-bond acceptors (Lipinski definition) is 6. The average molecular weight is 271 g/mol. The van der Waals surface area contributed by atoms with E-state index in [0.717, 1.165) is 0 Å². The molecule has 1 aromatic heterocycles. The van der Waals surface area contributed by atoms with Crippen LogP contribution in [0.5, 0.6) is 5.75 Å². The van der Waals surface area contributed by atoms with Crippen LogP contribution >= 0.6 is 0 Å². The molecule has 0 spiro atoms. The van der Waals surface area contributed by atoms with E-state index >= 15 is 0 Å². The van der Waals surface area contributed by atoms with Gasteiger partial charge in [-0.2, -0.15) is 16.8 Å². The highest BCUT2D eigenvalue weighted by Crippen LogP contribution is 2.19. The summed E-state index contributed by atoms with van der Waals surface area (Å²) in [5, 5.41) is 7.80. The number of pyridine rings is 1. The summed E-state index contributed by atoms with van der Waals surface area (Å²) < 4.78 is 59.6. The molecule has 0 atom stereocenters. The van der Waals surface area contributed by atoms with E-state index in [4.69, 9.17) is 14.2 Å². The molecule has 1 rings (SSSR count). The Labute approximate surface area is 88.9 Å². The topological polar surface area (TPSA) is 162 Å². The van der Waals surface area contributed by atoms with E-state index < -0.39 is 41.5 Å². The van der Waals surface area contributed by atoms with Crippen molar-refractivity contribution in [1.29, 1.82) is 0 Å². The lowest BCUT2D eigenvalue weighted by atomic mass is 10.4. The molecule has 16 heavy (non-hydrogen) atoms. The van der Waals surface area contributed by atoms with Gasteiger partial charge >= 0.3 is 10.1 Å². The van der Waals surface area contributed by atoms with Crippen LogP contribution < -0.4 is 5.56 Å². The molecule has 0 radical (unpaired) electrons. The summed E-state index contributed by atoms with van der Waals surface area (Å²) in [5.41, 5.74) is -1.48. The largest absolute Gasteiger partial charge is 0.502 e. The number of hydrogen-bond donors (Lipinski definition) is 4. The van der Waals surface area contributed by atoms with E-state index in [1.54, 1.807) is 0 Å². The molecule has 0 unspecified atom stereocenters. The van der Waals surface area contributed by atoms with Gasteiger partial charge in [0, 0.05) is 6.07 Å². The van der Waals surface area contributed by atoms with Crippen molar-refractivity contribution >= 4 is 20.2 Å². The van der Waals surface area contributed by atoms with Crippen molar-refractivity contribution in [2.75, 3.05) is 0 Å². The van der Waals surface area contributed by atoms with Crippen molar-refractivity contribution in [3.8, 4) is 5.75 Å². The highest BCUT2D eigenvalue weighted by atomic mass is 32.2. The summed E-state index contributed by atoms with van der Waals surface area (Å²) in [5.74, 6) is -1.38. The molecule has 1 heterocycles. The smallest absolute Gasteiger partial charge is 0.310 e. The van der Waals surface area contributed by atoms with Gasteiger partial charge in [0.25, 0.3) is 15.7 Å². The van der Waals surface area contributed by atoms with Crippen LogP contribution in [-0.2, 0) is 20.2 Å². The first-order valence-electron chi connectivity index (χ1n) is 3.45. The highest BCUT2D eigenvalue weighted by Gasteiger charge is 2.23. The van der Waals surface area contributed by atoms with Crippen LogP contribution in [0.15, 0.2) is 20.8 Å². The predicted octanol–water partition coefficient (Wildman–Crippen LogP) is -1.43. The fraction of sp³-hybridized carbons (Fsp3) is 0. The SMILES string of the molecule is O=c1[nH]c(S(=O)(=O)O)cc(S(=O)(=O)O)c1O. The number of aromatic nitrogens is 1. The molecule has 0 aliphatic carbocycles. The van der Waals surface area contributed by atoms with Crippen LogP contribution in [0.2, 0.25) is 0 Å². The highest BCUT2D eigenvalue weighted by molar-refractivity contribution is 7.86. The van der Waals surface area contributed by atoms with E-state index in [-0.39, 0.29) is 6.07 Å². The van der Waals surface area contributed by atoms with Crippen LogP contribution in [0.1, 0.15) is 0 Å². The maximum absolute atomic E-state index is 10.9. The summed E-state index contributed by atoms with van der Waals surface area (Å²) in [7, 11) is -9.85. The number of aromatic amines is 1. The van der Waals surface area contributed by atoms with Crippen molar-refractivity contribution < 1.29 is 31.0 Å². The number of H-pyrrole nitrogens is 1. The first kappa shape index (κ1) is 12.6. The Hall–Kier alpha value is -1.43. The summed E-state index contributed by atoms with van der Waals surface area (Å²) in [6.45, 7) is 0. The predicted molar refractivity (Wildman–Crippen MR) is 48.4 cm³/mol. The van der Waals surface area contributed by atoms with Crippen LogP contribution in [0.4, 0.5) is 0 Å². The summed E-state index contributed by atoms with van der Waals surface area (Å²) >= 11 is 0. The number of rotatable bonds is 2. The molecule has 0 saturated heterocycles. The average Bonchev–Trinajstić information content (AvgIpc) is 2.05. The molecular formula is C5H5NO8S2. The van der Waals surface area contributed by atoms with Gasteiger partial charge in [-0.05, 0) is 0 Å². The molecule has 1 aromatic rings. The van der Waals surface area contributed by atoms with E-state index in [0.29, 0.717) is 0 Å². The minimum Gasteiger partial charge on any atom is -0.502 e. The third-order valence-electron chi connectivity index (χ3n) is 1.50. The molecule has 4 N–H and O–H groups in total. The van der Waals surface area contributed by atoms with Gasteiger partial charge in [-0.1, -0.05) is 0 Å². The van der Waals surface area contributed by atoms with Crippen LogP contribution in [0, 0.1) is 0 Å². The van der Waals surface area contributed by atoms with Crippen LogP contribution in [0.25, 0.3) is 0 Å². The van der Waals surface area contributed by atoms with Crippen molar-refractivity contribution in [3.05, 3.63) is 16.4 Å². The summed E-state index contributed by atoms with van der Waals surface area (Å²) in [4.78, 5) is 11.1. The molecule has 0 aromatic carbocycles. The van der Waals surface area contributed by atoms with Gasteiger partial charge in [0.1, 0.15) is 4.90 Å². The minimum atomic E-state index is -4.98. The van der Waals surface area contributed by atoms with Crippen LogP contribution in [-0.4, -0.2) is 36.0 Å². The maximum Gasteiger partial charge on any atom is 0.310 e. The normalized spacial score (nSPS) is 12.6. The first-order valence-corrected chi connectivity index (χ1v) is 6.33. The lowest BCUT2D eigenvalue weighted by Crippen LogP contribution is -2.16.